The van der Waals surface area contributed by atoms with E-state index >= 15 is 0 Å². The molecule has 0 saturated carbocycles. The van der Waals surface area contributed by atoms with Gasteiger partial charge in [0.25, 0.3) is 0 Å². The highest BCUT2D eigenvalue weighted by molar-refractivity contribution is 7.09. The summed E-state index contributed by atoms with van der Waals surface area (Å²) in [6.07, 6.45) is 0. The Morgan fingerprint density at radius 2 is 2.06 bits per heavy atom. The predicted octanol–water partition coefficient (Wildman–Crippen LogP) is 3.55. The van der Waals surface area contributed by atoms with Crippen LogP contribution in [-0.2, 0) is 0 Å². The first-order valence-corrected chi connectivity index (χ1v) is 6.09. The summed E-state index contributed by atoms with van der Waals surface area (Å²) < 4.78 is 17.3. The molecule has 90 valence electrons. The molecule has 0 saturated heterocycles. The van der Waals surface area contributed by atoms with Crippen LogP contribution in [0.2, 0.25) is 0 Å². The van der Waals surface area contributed by atoms with Crippen LogP contribution in [0.5, 0.6) is 0 Å². The van der Waals surface area contributed by atoms with E-state index in [2.05, 4.69) is 35.4 Å². The van der Waals surface area contributed by atoms with Crippen LogP contribution in [-0.4, -0.2) is 14.9 Å². The van der Waals surface area contributed by atoms with Gasteiger partial charge < -0.3 is 5.32 Å². The number of benzene rings is 1. The maximum atomic E-state index is 13.1. The molecule has 0 unspecified atom stereocenters. The predicted molar refractivity (Wildman–Crippen MR) is 68.7 cm³/mol. The molecule has 0 amide bonds. The van der Waals surface area contributed by atoms with Gasteiger partial charge in [-0.3, -0.25) is 0 Å². The minimum Gasteiger partial charge on any atom is -0.356 e. The largest absolute Gasteiger partial charge is 0.356 e. The van der Waals surface area contributed by atoms with Crippen molar-refractivity contribution in [3.63, 3.8) is 0 Å². The molecule has 0 radical (unpaired) electrons. The molecule has 17 heavy (non-hydrogen) atoms. The second-order valence-electron chi connectivity index (χ2n) is 4.81. The molecule has 0 atom stereocenters. The molecule has 2 aromatic rings. The number of anilines is 1. The summed E-state index contributed by atoms with van der Waals surface area (Å²) >= 11 is 1.28. The minimum absolute atomic E-state index is 0.0568. The molecule has 0 aliphatic heterocycles. The monoisotopic (exact) mass is 251 g/mol. The maximum absolute atomic E-state index is 13.1. The third-order valence-corrected chi connectivity index (χ3v) is 2.62. The molecule has 1 N–H and O–H groups in total. The molecule has 1 aromatic heterocycles. The fraction of sp³-hybridized carbons (Fsp3) is 0.333. The Labute approximate surface area is 104 Å². The molecule has 0 bridgehead atoms. The zero-order chi connectivity index (χ0) is 12.5. The molecule has 2 rings (SSSR count). The van der Waals surface area contributed by atoms with Gasteiger partial charge in [-0.15, -0.1) is 0 Å². The molecule has 1 aromatic carbocycles. The number of nitrogens with zero attached hydrogens (tertiary/aromatic N) is 2. The second kappa shape index (κ2) is 4.41. The number of hydrogen-bond acceptors (Lipinski definition) is 4. The number of halogens is 1. The quantitative estimate of drug-likeness (QED) is 0.887. The summed E-state index contributed by atoms with van der Waals surface area (Å²) in [4.78, 5) is 4.34. The van der Waals surface area contributed by atoms with Gasteiger partial charge in [0.2, 0.25) is 5.13 Å². The van der Waals surface area contributed by atoms with Crippen molar-refractivity contribution in [1.82, 2.24) is 9.36 Å². The van der Waals surface area contributed by atoms with Crippen molar-refractivity contribution in [3.8, 4) is 11.4 Å². The normalized spacial score (nSPS) is 11.5. The van der Waals surface area contributed by atoms with E-state index in [4.69, 9.17) is 0 Å². The molecule has 3 nitrogen and oxygen atoms in total. The Morgan fingerprint density at radius 3 is 2.71 bits per heavy atom. The lowest BCUT2D eigenvalue weighted by molar-refractivity contribution is 0.628. The van der Waals surface area contributed by atoms with E-state index in [1.165, 1.54) is 23.7 Å². The molecule has 0 aliphatic carbocycles. The zero-order valence-corrected chi connectivity index (χ0v) is 10.8. The van der Waals surface area contributed by atoms with Gasteiger partial charge >= 0.3 is 0 Å². The van der Waals surface area contributed by atoms with Crippen molar-refractivity contribution in [1.29, 1.82) is 0 Å². The Morgan fingerprint density at radius 1 is 1.29 bits per heavy atom. The summed E-state index contributed by atoms with van der Waals surface area (Å²) in [5.74, 6) is 0.281. The minimum atomic E-state index is -0.275. The Kier molecular flexibility index (Phi) is 3.11. The summed E-state index contributed by atoms with van der Waals surface area (Å²) in [5.41, 5.74) is 0.641. The summed E-state index contributed by atoms with van der Waals surface area (Å²) in [6.45, 7) is 6.16. The average Bonchev–Trinajstić information content (AvgIpc) is 2.63. The van der Waals surface area contributed by atoms with Crippen LogP contribution < -0.4 is 5.32 Å². The van der Waals surface area contributed by atoms with Crippen molar-refractivity contribution in [3.05, 3.63) is 30.1 Å². The molecular formula is C12H14FN3S. The van der Waals surface area contributed by atoms with Gasteiger partial charge in [0.05, 0.1) is 0 Å². The first-order chi connectivity index (χ1) is 7.94. The van der Waals surface area contributed by atoms with Crippen LogP contribution >= 0.6 is 11.5 Å². The lowest BCUT2D eigenvalue weighted by Crippen LogP contribution is -2.25. The van der Waals surface area contributed by atoms with E-state index in [1.54, 1.807) is 12.1 Å². The van der Waals surface area contributed by atoms with Crippen molar-refractivity contribution in [2.45, 2.75) is 26.3 Å². The third-order valence-electron chi connectivity index (χ3n) is 1.99. The van der Waals surface area contributed by atoms with E-state index in [0.29, 0.717) is 11.4 Å². The van der Waals surface area contributed by atoms with Gasteiger partial charge in [-0.05, 0) is 32.9 Å². The van der Waals surface area contributed by atoms with Crippen molar-refractivity contribution in [2.24, 2.45) is 0 Å². The molecule has 0 fully saturated rings. The third kappa shape index (κ3) is 3.23. The molecular weight excluding hydrogens is 237 g/mol. The van der Waals surface area contributed by atoms with Gasteiger partial charge in [-0.1, -0.05) is 12.1 Å². The summed E-state index contributed by atoms with van der Waals surface area (Å²) in [7, 11) is 0. The van der Waals surface area contributed by atoms with Crippen molar-refractivity contribution in [2.75, 3.05) is 5.32 Å². The van der Waals surface area contributed by atoms with Crippen LogP contribution in [0.4, 0.5) is 9.52 Å². The standard InChI is InChI=1S/C12H14FN3S/c1-12(2,3)15-11-14-10(16-17-11)8-5-4-6-9(13)7-8/h4-7H,1-3H3,(H,14,15,16). The van der Waals surface area contributed by atoms with Crippen LogP contribution in [0.15, 0.2) is 24.3 Å². The van der Waals surface area contributed by atoms with E-state index in [-0.39, 0.29) is 11.4 Å². The molecule has 1 heterocycles. The summed E-state index contributed by atoms with van der Waals surface area (Å²) in [6, 6.07) is 6.29. The number of aromatic nitrogens is 2. The van der Waals surface area contributed by atoms with Gasteiger partial charge in [-0.25, -0.2) is 4.39 Å². The Balaban J connectivity index is 2.24. The smallest absolute Gasteiger partial charge is 0.203 e. The first kappa shape index (κ1) is 12.0. The fourth-order valence-electron chi connectivity index (χ4n) is 1.34. The van der Waals surface area contributed by atoms with Gasteiger partial charge in [-0.2, -0.15) is 9.36 Å². The van der Waals surface area contributed by atoms with Crippen LogP contribution in [0.1, 0.15) is 20.8 Å². The SMILES string of the molecule is CC(C)(C)Nc1nc(-c2cccc(F)c2)ns1. The Bertz CT molecular complexity index is 516. The number of rotatable bonds is 2. The zero-order valence-electron chi connectivity index (χ0n) is 9.99. The van der Waals surface area contributed by atoms with Crippen molar-refractivity contribution >= 4 is 16.7 Å². The van der Waals surface area contributed by atoms with E-state index in [9.17, 15) is 4.39 Å². The number of nitrogens with one attached hydrogen (secondary N) is 1. The molecule has 5 heteroatoms. The average molecular weight is 251 g/mol. The molecule has 0 spiro atoms. The summed E-state index contributed by atoms with van der Waals surface area (Å²) in [5, 5.41) is 3.98. The second-order valence-corrected chi connectivity index (χ2v) is 5.56. The topological polar surface area (TPSA) is 37.8 Å². The van der Waals surface area contributed by atoms with Gasteiger partial charge in [0, 0.05) is 22.6 Å². The highest BCUT2D eigenvalue weighted by Gasteiger charge is 2.13. The first-order valence-electron chi connectivity index (χ1n) is 5.32. The van der Waals surface area contributed by atoms with Gasteiger partial charge in [0.1, 0.15) is 5.82 Å². The highest BCUT2D eigenvalue weighted by atomic mass is 32.1. The lowest BCUT2D eigenvalue weighted by Gasteiger charge is -2.18. The van der Waals surface area contributed by atoms with Crippen LogP contribution in [0.3, 0.4) is 0 Å². The van der Waals surface area contributed by atoms with Gasteiger partial charge in [0.15, 0.2) is 5.82 Å². The van der Waals surface area contributed by atoms with Crippen LogP contribution in [0.25, 0.3) is 11.4 Å². The van der Waals surface area contributed by atoms with Crippen molar-refractivity contribution < 1.29 is 4.39 Å². The van der Waals surface area contributed by atoms with E-state index in [0.717, 1.165) is 5.13 Å². The molecule has 0 aliphatic rings. The Hall–Kier alpha value is -1.49. The number of hydrogen-bond donors (Lipinski definition) is 1. The van der Waals surface area contributed by atoms with Crippen LogP contribution in [0, 0.1) is 5.82 Å². The maximum Gasteiger partial charge on any atom is 0.203 e. The van der Waals surface area contributed by atoms with E-state index in [1.807, 2.05) is 0 Å². The fourth-order valence-corrected chi connectivity index (χ4v) is 2.14. The highest BCUT2D eigenvalue weighted by Crippen LogP contribution is 2.23. The lowest BCUT2D eigenvalue weighted by atomic mass is 10.1. The van der Waals surface area contributed by atoms with E-state index < -0.39 is 0 Å².